The van der Waals surface area contributed by atoms with Crippen LogP contribution in [0.5, 0.6) is 0 Å². The number of aliphatic carboxylic acids is 1. The molecule has 1 fully saturated rings. The molecule has 5 rings (SSSR count). The number of hydrogen-bond acceptors (Lipinski definition) is 6. The molecule has 1 aromatic heterocycles. The number of hydrogen-bond donors (Lipinski definition) is 2. The Bertz CT molecular complexity index is 1270. The summed E-state index contributed by atoms with van der Waals surface area (Å²) in [6, 6.07) is 16.2. The van der Waals surface area contributed by atoms with Crippen LogP contribution in [-0.4, -0.2) is 52.7 Å². The summed E-state index contributed by atoms with van der Waals surface area (Å²) in [7, 11) is 0. The Hall–Kier alpha value is -3.72. The molecule has 0 bridgehead atoms. The molecular weight excluding hydrogens is 454 g/mol. The second-order valence-electron chi connectivity index (χ2n) is 8.91. The number of carboxylic acids is 1. The van der Waals surface area contributed by atoms with Gasteiger partial charge >= 0.3 is 12.1 Å². The molecule has 2 N–H and O–H groups in total. The lowest BCUT2D eigenvalue weighted by atomic mass is 9.82. The Balaban J connectivity index is 1.23. The lowest BCUT2D eigenvalue weighted by Gasteiger charge is -2.44. The zero-order chi connectivity index (χ0) is 24.0. The molecule has 0 atom stereocenters. The summed E-state index contributed by atoms with van der Waals surface area (Å²) in [6.07, 6.45) is -0.642. The van der Waals surface area contributed by atoms with Crippen LogP contribution in [0, 0.1) is 12.3 Å². The van der Waals surface area contributed by atoms with Crippen LogP contribution in [0.3, 0.4) is 0 Å². The average molecular weight is 478 g/mol. The molecule has 1 aliphatic carbocycles. The van der Waals surface area contributed by atoms with Crippen LogP contribution < -0.4 is 5.32 Å². The predicted molar refractivity (Wildman–Crippen MR) is 127 cm³/mol. The van der Waals surface area contributed by atoms with Crippen molar-refractivity contribution >= 4 is 34.4 Å². The number of rotatable bonds is 5. The van der Waals surface area contributed by atoms with Gasteiger partial charge in [0.1, 0.15) is 16.9 Å². The lowest BCUT2D eigenvalue weighted by Crippen LogP contribution is -2.60. The number of carbonyl (C=O) groups excluding carboxylic acids is 2. The molecule has 0 spiro atoms. The number of carboxylic acid groups (broad SMARTS) is 1. The molecule has 0 unspecified atom stereocenters. The first-order valence-corrected chi connectivity index (χ1v) is 11.7. The number of aromatic nitrogens is 1. The molecule has 174 valence electrons. The molecule has 2 aliphatic rings. The molecule has 9 heteroatoms. The van der Waals surface area contributed by atoms with Crippen LogP contribution in [0.25, 0.3) is 11.1 Å². The van der Waals surface area contributed by atoms with Crippen LogP contribution in [0.2, 0.25) is 0 Å². The van der Waals surface area contributed by atoms with Gasteiger partial charge in [-0.25, -0.2) is 9.78 Å². The minimum absolute atomic E-state index is 0.0525. The summed E-state index contributed by atoms with van der Waals surface area (Å²) in [5.74, 6) is -1.26. The fourth-order valence-corrected chi connectivity index (χ4v) is 5.51. The van der Waals surface area contributed by atoms with Crippen LogP contribution in [0.1, 0.15) is 39.3 Å². The summed E-state index contributed by atoms with van der Waals surface area (Å²) in [5.41, 5.74) is 4.10. The maximum Gasteiger partial charge on any atom is 0.413 e. The molecule has 8 nitrogen and oxygen atoms in total. The van der Waals surface area contributed by atoms with Gasteiger partial charge in [0.15, 0.2) is 5.13 Å². The fraction of sp³-hybridized carbons (Fsp3) is 0.280. The summed E-state index contributed by atoms with van der Waals surface area (Å²) in [6.45, 7) is 3.77. The maximum absolute atomic E-state index is 12.8. The molecule has 0 saturated carbocycles. The van der Waals surface area contributed by atoms with Crippen molar-refractivity contribution in [1.29, 1.82) is 0 Å². The van der Waals surface area contributed by atoms with Crippen molar-refractivity contribution in [3.8, 4) is 11.1 Å². The third kappa shape index (κ3) is 3.71. The zero-order valence-electron chi connectivity index (χ0n) is 18.7. The number of amides is 2. The van der Waals surface area contributed by atoms with Gasteiger partial charge in [-0.15, -0.1) is 0 Å². The SMILES string of the molecule is Cc1nc(NC(=O)OCC2c3ccccc3-c3ccccc32)sc1C(=O)N1CC(C)(C(=O)O)C1. The Morgan fingerprint density at radius 3 is 2.29 bits per heavy atom. The molecule has 1 aliphatic heterocycles. The second-order valence-corrected chi connectivity index (χ2v) is 9.91. The highest BCUT2D eigenvalue weighted by molar-refractivity contribution is 7.17. The number of carbonyl (C=O) groups is 3. The number of anilines is 1. The summed E-state index contributed by atoms with van der Waals surface area (Å²) in [5, 5.41) is 12.1. The smallest absolute Gasteiger partial charge is 0.413 e. The third-order valence-electron chi connectivity index (χ3n) is 6.43. The van der Waals surface area contributed by atoms with Gasteiger partial charge < -0.3 is 14.7 Å². The van der Waals surface area contributed by atoms with Crippen molar-refractivity contribution in [2.24, 2.45) is 5.41 Å². The van der Waals surface area contributed by atoms with Gasteiger partial charge in [-0.3, -0.25) is 14.9 Å². The standard InChI is InChI=1S/C25H23N3O5S/c1-14-20(21(29)28-12-25(2,13-28)22(30)31)34-23(26-14)27-24(32)33-11-19-17-9-5-3-7-15(17)16-8-4-6-10-18(16)19/h3-10,19H,11-13H2,1-2H3,(H,30,31)(H,26,27,32). The van der Waals surface area contributed by atoms with E-state index < -0.39 is 17.5 Å². The normalized spacial score (nSPS) is 15.8. The Kier molecular flexibility index (Phi) is 5.36. The van der Waals surface area contributed by atoms with E-state index in [9.17, 15) is 19.5 Å². The zero-order valence-corrected chi connectivity index (χ0v) is 19.5. The monoisotopic (exact) mass is 477 g/mol. The minimum atomic E-state index is -0.921. The van der Waals surface area contributed by atoms with E-state index in [1.807, 2.05) is 24.3 Å². The molecule has 3 aromatic rings. The summed E-state index contributed by atoms with van der Waals surface area (Å²) >= 11 is 1.06. The number of benzene rings is 2. The van der Waals surface area contributed by atoms with Crippen LogP contribution in [-0.2, 0) is 9.53 Å². The van der Waals surface area contributed by atoms with E-state index in [1.54, 1.807) is 13.8 Å². The van der Waals surface area contributed by atoms with Crippen LogP contribution in [0.15, 0.2) is 48.5 Å². The van der Waals surface area contributed by atoms with E-state index in [1.165, 1.54) is 4.90 Å². The first-order chi connectivity index (χ1) is 16.3. The van der Waals surface area contributed by atoms with E-state index in [0.29, 0.717) is 10.6 Å². The molecule has 0 radical (unpaired) electrons. The quantitative estimate of drug-likeness (QED) is 0.565. The molecule has 2 aromatic carbocycles. The first kappa shape index (κ1) is 22.1. The van der Waals surface area contributed by atoms with Crippen molar-refractivity contribution < 1.29 is 24.2 Å². The summed E-state index contributed by atoms with van der Waals surface area (Å²) < 4.78 is 5.54. The number of nitrogens with one attached hydrogen (secondary N) is 1. The van der Waals surface area contributed by atoms with Crippen molar-refractivity contribution in [2.45, 2.75) is 19.8 Å². The number of likely N-dealkylation sites (tertiary alicyclic amines) is 1. The number of nitrogens with zero attached hydrogens (tertiary/aromatic N) is 2. The number of fused-ring (bicyclic) bond motifs is 3. The third-order valence-corrected chi connectivity index (χ3v) is 7.49. The number of aryl methyl sites for hydroxylation is 1. The summed E-state index contributed by atoms with van der Waals surface area (Å²) in [4.78, 5) is 42.7. The first-order valence-electron chi connectivity index (χ1n) is 10.9. The topological polar surface area (TPSA) is 109 Å². The van der Waals surface area contributed by atoms with Crippen molar-refractivity contribution in [3.05, 3.63) is 70.2 Å². The maximum atomic E-state index is 12.8. The van der Waals surface area contributed by atoms with Crippen molar-refractivity contribution in [3.63, 3.8) is 0 Å². The highest BCUT2D eigenvalue weighted by atomic mass is 32.1. The number of ether oxygens (including phenoxy) is 1. The predicted octanol–water partition coefficient (Wildman–Crippen LogP) is 4.36. The van der Waals surface area contributed by atoms with Gasteiger partial charge in [0.25, 0.3) is 5.91 Å². The lowest BCUT2D eigenvalue weighted by molar-refractivity contribution is -0.155. The van der Waals surface area contributed by atoms with E-state index in [2.05, 4.69) is 34.6 Å². The van der Waals surface area contributed by atoms with Gasteiger partial charge in [0.05, 0.1) is 5.69 Å². The van der Waals surface area contributed by atoms with Gasteiger partial charge in [0.2, 0.25) is 0 Å². The molecule has 1 saturated heterocycles. The Morgan fingerprint density at radius 1 is 1.12 bits per heavy atom. The van der Waals surface area contributed by atoms with Gasteiger partial charge in [-0.2, -0.15) is 0 Å². The largest absolute Gasteiger partial charge is 0.481 e. The average Bonchev–Trinajstić information content (AvgIpc) is 3.32. The molecule has 34 heavy (non-hydrogen) atoms. The molecule has 2 heterocycles. The van der Waals surface area contributed by atoms with Crippen molar-refractivity contribution in [2.75, 3.05) is 25.0 Å². The van der Waals surface area contributed by atoms with E-state index in [4.69, 9.17) is 4.74 Å². The van der Waals surface area contributed by atoms with Gasteiger partial charge in [-0.05, 0) is 36.1 Å². The molecule has 2 amide bonds. The van der Waals surface area contributed by atoms with Crippen molar-refractivity contribution in [1.82, 2.24) is 9.88 Å². The van der Waals surface area contributed by atoms with Gasteiger partial charge in [0, 0.05) is 19.0 Å². The molecular formula is C25H23N3O5S. The Labute approximate surface area is 200 Å². The highest BCUT2D eigenvalue weighted by Crippen LogP contribution is 2.44. The van der Waals surface area contributed by atoms with Gasteiger partial charge in [-0.1, -0.05) is 59.9 Å². The minimum Gasteiger partial charge on any atom is -0.481 e. The van der Waals surface area contributed by atoms with E-state index in [-0.39, 0.29) is 36.7 Å². The Morgan fingerprint density at radius 2 is 1.71 bits per heavy atom. The fourth-order valence-electron chi connectivity index (χ4n) is 4.59. The number of thiazole rings is 1. The highest BCUT2D eigenvalue weighted by Gasteiger charge is 2.48. The second kappa shape index (κ2) is 8.25. The van der Waals surface area contributed by atoms with Crippen LogP contribution >= 0.6 is 11.3 Å². The van der Waals surface area contributed by atoms with E-state index in [0.717, 1.165) is 33.6 Å². The van der Waals surface area contributed by atoms with E-state index >= 15 is 0 Å². The van der Waals surface area contributed by atoms with Crippen LogP contribution in [0.4, 0.5) is 9.93 Å².